The number of nitrogens with zero attached hydrogens (tertiary/aromatic N) is 2. The van der Waals surface area contributed by atoms with E-state index in [1.165, 1.54) is 12.1 Å². The molecule has 104 valence electrons. The number of phenols is 1. The number of nitrogens with one attached hydrogen (secondary N) is 1. The van der Waals surface area contributed by atoms with Crippen molar-refractivity contribution in [3.05, 3.63) is 43.7 Å². The van der Waals surface area contributed by atoms with Crippen LogP contribution >= 0.6 is 23.2 Å². The maximum atomic E-state index is 11.8. The molecule has 0 atom stereocenters. The first-order chi connectivity index (χ1) is 9.92. The number of hydrogen-bond donors (Lipinski definition) is 3. The van der Waals surface area contributed by atoms with E-state index in [0.717, 1.165) is 0 Å². The Kier molecular flexibility index (Phi) is 3.77. The highest BCUT2D eigenvalue weighted by Crippen LogP contribution is 2.41. The Hall–Kier alpha value is -2.67. The van der Waals surface area contributed by atoms with Gasteiger partial charge in [-0.05, 0) is 12.1 Å². The summed E-state index contributed by atoms with van der Waals surface area (Å²) in [7, 11) is 0. The molecule has 2 aromatic rings. The van der Waals surface area contributed by atoms with Crippen LogP contribution in [-0.4, -0.2) is 10.1 Å². The summed E-state index contributed by atoms with van der Waals surface area (Å²) in [5.41, 5.74) is 4.57. The fraction of sp³-hybridized carbons (Fsp3) is 0. The highest BCUT2D eigenvalue weighted by molar-refractivity contribution is 6.44. The third-order valence-corrected chi connectivity index (χ3v) is 3.67. The molecule has 8 heteroatoms. The Morgan fingerprint density at radius 3 is 2.33 bits per heavy atom. The number of aromatic amines is 1. The third-order valence-electron chi connectivity index (χ3n) is 2.80. The second-order valence-corrected chi connectivity index (χ2v) is 4.73. The first-order valence-electron chi connectivity index (χ1n) is 5.45. The Labute approximate surface area is 128 Å². The Morgan fingerprint density at radius 2 is 1.76 bits per heavy atom. The van der Waals surface area contributed by atoms with Crippen LogP contribution in [0.4, 0.5) is 5.82 Å². The predicted octanol–water partition coefficient (Wildman–Crippen LogP) is 2.38. The molecule has 0 bridgehead atoms. The van der Waals surface area contributed by atoms with Crippen molar-refractivity contribution in [2.24, 2.45) is 0 Å². The van der Waals surface area contributed by atoms with Crippen LogP contribution in [0.3, 0.4) is 0 Å². The van der Waals surface area contributed by atoms with Gasteiger partial charge in [0.1, 0.15) is 39.9 Å². The van der Waals surface area contributed by atoms with Gasteiger partial charge in [0.2, 0.25) is 0 Å². The van der Waals surface area contributed by atoms with E-state index >= 15 is 0 Å². The molecular weight excluding hydrogens is 315 g/mol. The van der Waals surface area contributed by atoms with E-state index in [0.29, 0.717) is 0 Å². The van der Waals surface area contributed by atoms with Gasteiger partial charge in [-0.3, -0.25) is 4.79 Å². The normalized spacial score (nSPS) is 9.90. The minimum absolute atomic E-state index is 0.0202. The highest BCUT2D eigenvalue weighted by atomic mass is 35.5. The smallest absolute Gasteiger partial charge is 0.268 e. The van der Waals surface area contributed by atoms with Crippen molar-refractivity contribution in [1.29, 1.82) is 10.5 Å². The van der Waals surface area contributed by atoms with Gasteiger partial charge in [-0.2, -0.15) is 10.5 Å². The molecule has 6 nitrogen and oxygen atoms in total. The topological polar surface area (TPSA) is 127 Å². The van der Waals surface area contributed by atoms with Gasteiger partial charge in [0.05, 0.1) is 5.02 Å². The lowest BCUT2D eigenvalue weighted by molar-refractivity contribution is 0.475. The van der Waals surface area contributed by atoms with Crippen LogP contribution in [0.5, 0.6) is 5.75 Å². The van der Waals surface area contributed by atoms with Gasteiger partial charge in [0.15, 0.2) is 0 Å². The predicted molar refractivity (Wildman–Crippen MR) is 78.0 cm³/mol. The zero-order chi connectivity index (χ0) is 15.7. The summed E-state index contributed by atoms with van der Waals surface area (Å²) in [5, 5.41) is 27.6. The molecule has 21 heavy (non-hydrogen) atoms. The number of pyridine rings is 1. The first-order valence-corrected chi connectivity index (χ1v) is 6.21. The van der Waals surface area contributed by atoms with Crippen molar-refractivity contribution in [3.8, 4) is 29.0 Å². The van der Waals surface area contributed by atoms with E-state index in [2.05, 4.69) is 4.98 Å². The SMILES string of the molecule is N#Cc1c(N)[nH]c(=O)c(C#N)c1-c1ccc(O)c(Cl)c1Cl. The molecule has 0 aliphatic heterocycles. The second-order valence-electron chi connectivity index (χ2n) is 3.98. The first kappa shape index (κ1) is 14.7. The van der Waals surface area contributed by atoms with Gasteiger partial charge in [0, 0.05) is 11.1 Å². The number of halogens is 2. The van der Waals surface area contributed by atoms with E-state index in [1.807, 2.05) is 6.07 Å². The molecule has 0 fully saturated rings. The van der Waals surface area contributed by atoms with Crippen LogP contribution in [0.1, 0.15) is 11.1 Å². The summed E-state index contributed by atoms with van der Waals surface area (Å²) in [6.07, 6.45) is 0. The van der Waals surface area contributed by atoms with E-state index in [9.17, 15) is 15.2 Å². The summed E-state index contributed by atoms with van der Waals surface area (Å²) < 4.78 is 0. The van der Waals surface area contributed by atoms with E-state index in [1.54, 1.807) is 6.07 Å². The molecule has 0 unspecified atom stereocenters. The van der Waals surface area contributed by atoms with Crippen molar-refractivity contribution in [3.63, 3.8) is 0 Å². The number of hydrogen-bond acceptors (Lipinski definition) is 5. The van der Waals surface area contributed by atoms with Crippen LogP contribution in [0.2, 0.25) is 10.0 Å². The van der Waals surface area contributed by atoms with Gasteiger partial charge in [-0.25, -0.2) is 0 Å². The molecule has 0 aliphatic carbocycles. The van der Waals surface area contributed by atoms with E-state index in [-0.39, 0.29) is 43.9 Å². The summed E-state index contributed by atoms with van der Waals surface area (Å²) in [5.74, 6) is -0.447. The van der Waals surface area contributed by atoms with Gasteiger partial charge in [-0.1, -0.05) is 23.2 Å². The summed E-state index contributed by atoms with van der Waals surface area (Å²) in [4.78, 5) is 14.0. The van der Waals surface area contributed by atoms with Gasteiger partial charge in [0.25, 0.3) is 5.56 Å². The molecule has 0 saturated heterocycles. The number of nitrogen functional groups attached to an aromatic ring is 1. The molecule has 0 saturated carbocycles. The maximum absolute atomic E-state index is 11.8. The average molecular weight is 321 g/mol. The maximum Gasteiger partial charge on any atom is 0.268 e. The number of nitrogens with two attached hydrogens (primary N) is 1. The minimum atomic E-state index is -0.746. The van der Waals surface area contributed by atoms with Crippen LogP contribution in [-0.2, 0) is 0 Å². The quantitative estimate of drug-likeness (QED) is 0.743. The number of rotatable bonds is 1. The Balaban J connectivity index is 3.01. The van der Waals surface area contributed by atoms with E-state index in [4.69, 9.17) is 34.2 Å². The van der Waals surface area contributed by atoms with Crippen molar-refractivity contribution in [2.45, 2.75) is 0 Å². The number of aromatic nitrogens is 1. The lowest BCUT2D eigenvalue weighted by atomic mass is 9.96. The zero-order valence-corrected chi connectivity index (χ0v) is 11.7. The minimum Gasteiger partial charge on any atom is -0.506 e. The van der Waals surface area contributed by atoms with Crippen LogP contribution in [0.15, 0.2) is 16.9 Å². The van der Waals surface area contributed by atoms with Crippen molar-refractivity contribution >= 4 is 29.0 Å². The van der Waals surface area contributed by atoms with Crippen molar-refractivity contribution < 1.29 is 5.11 Å². The highest BCUT2D eigenvalue weighted by Gasteiger charge is 2.21. The number of benzene rings is 1. The molecule has 4 N–H and O–H groups in total. The van der Waals surface area contributed by atoms with Crippen molar-refractivity contribution in [1.82, 2.24) is 4.98 Å². The van der Waals surface area contributed by atoms with Crippen LogP contribution in [0, 0.1) is 22.7 Å². The lowest BCUT2D eigenvalue weighted by Crippen LogP contribution is -2.16. The van der Waals surface area contributed by atoms with Crippen LogP contribution < -0.4 is 11.3 Å². The number of anilines is 1. The molecule has 0 radical (unpaired) electrons. The van der Waals surface area contributed by atoms with Crippen molar-refractivity contribution in [2.75, 3.05) is 5.73 Å². The van der Waals surface area contributed by atoms with Gasteiger partial charge < -0.3 is 15.8 Å². The lowest BCUT2D eigenvalue weighted by Gasteiger charge is -2.11. The number of phenolic OH excluding ortho intramolecular Hbond substituents is 1. The monoisotopic (exact) mass is 320 g/mol. The third kappa shape index (κ3) is 2.27. The van der Waals surface area contributed by atoms with Gasteiger partial charge >= 0.3 is 0 Å². The number of aromatic hydroxyl groups is 1. The standard InChI is InChI=1S/C13H6Cl2N4O2/c14-10-5(1-2-8(20)11(10)15)9-6(3-16)12(18)19-13(21)7(9)4-17/h1-2,20H,(H3,18,19,21). The average Bonchev–Trinajstić information content (AvgIpc) is 2.44. The summed E-state index contributed by atoms with van der Waals surface area (Å²) in [6.45, 7) is 0. The Bertz CT molecular complexity index is 891. The number of H-pyrrole nitrogens is 1. The second kappa shape index (κ2) is 5.37. The number of nitriles is 2. The molecule has 0 aliphatic rings. The fourth-order valence-electron chi connectivity index (χ4n) is 1.85. The molecule has 1 heterocycles. The van der Waals surface area contributed by atoms with Gasteiger partial charge in [-0.15, -0.1) is 0 Å². The fourth-order valence-corrected chi connectivity index (χ4v) is 2.26. The van der Waals surface area contributed by atoms with Crippen LogP contribution in [0.25, 0.3) is 11.1 Å². The largest absolute Gasteiger partial charge is 0.506 e. The molecule has 1 aromatic carbocycles. The molecular formula is C13H6Cl2N4O2. The zero-order valence-electron chi connectivity index (χ0n) is 10.2. The Morgan fingerprint density at radius 1 is 1.14 bits per heavy atom. The molecule has 2 rings (SSSR count). The molecule has 1 aromatic heterocycles. The van der Waals surface area contributed by atoms with E-state index < -0.39 is 5.56 Å². The molecule has 0 spiro atoms. The molecule has 0 amide bonds. The summed E-state index contributed by atoms with van der Waals surface area (Å²) >= 11 is 11.9. The summed E-state index contributed by atoms with van der Waals surface area (Å²) in [6, 6.07) is 6.11.